The third-order valence-corrected chi connectivity index (χ3v) is 5.32. The summed E-state index contributed by atoms with van der Waals surface area (Å²) in [5.41, 5.74) is 2.51. The van der Waals surface area contributed by atoms with E-state index in [2.05, 4.69) is 22.4 Å². The summed E-state index contributed by atoms with van der Waals surface area (Å²) in [4.78, 5) is 20.4. The van der Waals surface area contributed by atoms with Gasteiger partial charge in [-0.1, -0.05) is 36.4 Å². The second-order valence-corrected chi connectivity index (χ2v) is 7.65. The number of guanidine groups is 1. The molecule has 0 atom stereocenters. The quantitative estimate of drug-likeness (QED) is 0.242. The van der Waals surface area contributed by atoms with Gasteiger partial charge < -0.3 is 15.1 Å². The van der Waals surface area contributed by atoms with Crippen LogP contribution in [0.2, 0.25) is 0 Å². The summed E-state index contributed by atoms with van der Waals surface area (Å²) in [6, 6.07) is 13.2. The normalized spacial score (nSPS) is 13.4. The van der Waals surface area contributed by atoms with Crippen molar-refractivity contribution in [1.82, 2.24) is 15.1 Å². The molecule has 0 unspecified atom stereocenters. The zero-order valence-electron chi connectivity index (χ0n) is 18.2. The van der Waals surface area contributed by atoms with Crippen molar-refractivity contribution < 1.29 is 18.0 Å². The molecule has 174 valence electrons. The zero-order chi connectivity index (χ0) is 22.4. The number of alkyl halides is 3. The number of carbonyl (C=O) groups is 1. The van der Waals surface area contributed by atoms with Gasteiger partial charge in [-0.15, -0.1) is 24.0 Å². The molecule has 0 saturated carbocycles. The number of halogens is 4. The van der Waals surface area contributed by atoms with Crippen LogP contribution < -0.4 is 5.32 Å². The average molecular weight is 560 g/mol. The number of benzene rings is 2. The summed E-state index contributed by atoms with van der Waals surface area (Å²) in [5.74, 6) is 0.757. The monoisotopic (exact) mass is 560 g/mol. The average Bonchev–Trinajstić information content (AvgIpc) is 3.18. The van der Waals surface area contributed by atoms with Crippen LogP contribution >= 0.6 is 24.0 Å². The van der Waals surface area contributed by atoms with Gasteiger partial charge in [0.2, 0.25) is 5.91 Å². The van der Waals surface area contributed by atoms with Gasteiger partial charge in [-0.05, 0) is 35.2 Å². The predicted molar refractivity (Wildman–Crippen MR) is 130 cm³/mol. The number of aliphatic imine (C=N–C) groups is 1. The minimum Gasteiger partial charge on any atom is -0.356 e. The van der Waals surface area contributed by atoms with Gasteiger partial charge in [0, 0.05) is 46.7 Å². The number of hydrogen-bond donors (Lipinski definition) is 1. The second-order valence-electron chi connectivity index (χ2n) is 7.65. The molecule has 2 aromatic carbocycles. The van der Waals surface area contributed by atoms with E-state index in [0.717, 1.165) is 17.7 Å². The number of rotatable bonds is 6. The van der Waals surface area contributed by atoms with Gasteiger partial charge in [-0.3, -0.25) is 9.79 Å². The Bertz CT molecular complexity index is 907. The van der Waals surface area contributed by atoms with E-state index in [1.54, 1.807) is 7.05 Å². The molecule has 9 heteroatoms. The lowest BCUT2D eigenvalue weighted by Crippen LogP contribution is -2.39. The Kier molecular flexibility index (Phi) is 9.35. The van der Waals surface area contributed by atoms with Crippen molar-refractivity contribution in [1.29, 1.82) is 0 Å². The topological polar surface area (TPSA) is 47.9 Å². The number of fused-ring (bicyclic) bond motifs is 1. The molecule has 0 fully saturated rings. The largest absolute Gasteiger partial charge is 0.416 e. The van der Waals surface area contributed by atoms with Crippen LogP contribution in [0.15, 0.2) is 53.5 Å². The lowest BCUT2D eigenvalue weighted by atomic mass is 10.1. The van der Waals surface area contributed by atoms with Crippen LogP contribution in [0.4, 0.5) is 13.2 Å². The molecule has 0 saturated heterocycles. The first kappa shape index (κ1) is 26.0. The fourth-order valence-electron chi connectivity index (χ4n) is 3.64. The first-order chi connectivity index (χ1) is 14.8. The fourth-order valence-corrected chi connectivity index (χ4v) is 3.64. The first-order valence-electron chi connectivity index (χ1n) is 10.2. The molecular weight excluding hydrogens is 532 g/mol. The summed E-state index contributed by atoms with van der Waals surface area (Å²) >= 11 is 0. The number of nitrogens with zero attached hydrogens (tertiary/aromatic N) is 3. The van der Waals surface area contributed by atoms with Crippen LogP contribution in [0, 0.1) is 0 Å². The van der Waals surface area contributed by atoms with Crippen molar-refractivity contribution in [2.24, 2.45) is 4.99 Å². The van der Waals surface area contributed by atoms with Crippen molar-refractivity contribution >= 4 is 35.8 Å². The third kappa shape index (κ3) is 6.85. The summed E-state index contributed by atoms with van der Waals surface area (Å²) in [6.07, 6.45) is -3.23. The van der Waals surface area contributed by atoms with Gasteiger partial charge in [0.05, 0.1) is 5.56 Å². The van der Waals surface area contributed by atoms with E-state index >= 15 is 0 Å². The van der Waals surface area contributed by atoms with Crippen molar-refractivity contribution in [3.63, 3.8) is 0 Å². The van der Waals surface area contributed by atoms with Gasteiger partial charge in [0.25, 0.3) is 0 Å². The van der Waals surface area contributed by atoms with Crippen LogP contribution in [0.3, 0.4) is 0 Å². The van der Waals surface area contributed by atoms with Crippen LogP contribution in [0.5, 0.6) is 0 Å². The number of hydrogen-bond acceptors (Lipinski definition) is 2. The van der Waals surface area contributed by atoms with E-state index in [-0.39, 0.29) is 29.9 Å². The Balaban J connectivity index is 0.00000363. The van der Waals surface area contributed by atoms with Crippen molar-refractivity contribution in [2.45, 2.75) is 38.7 Å². The summed E-state index contributed by atoms with van der Waals surface area (Å²) in [5, 5.41) is 3.21. The molecule has 0 radical (unpaired) electrons. The summed E-state index contributed by atoms with van der Waals surface area (Å²) in [7, 11) is 3.47. The van der Waals surface area contributed by atoms with Crippen molar-refractivity contribution in [2.75, 3.05) is 20.6 Å². The molecule has 1 N–H and O–H groups in total. The van der Waals surface area contributed by atoms with E-state index in [0.29, 0.717) is 45.0 Å². The highest BCUT2D eigenvalue weighted by atomic mass is 127. The lowest BCUT2D eigenvalue weighted by molar-refractivity contribution is -0.137. The molecule has 5 nitrogen and oxygen atoms in total. The standard InChI is InChI=1S/C23H27F3N4O.HI/c1-27-22(29(2)14-17-9-11-20(12-10-17)23(24,25)26)28-13-5-8-21(31)30-15-18-6-3-4-7-19(18)16-30;/h3-4,6-7,9-12H,5,8,13-16H2,1-2H3,(H,27,28);1H. The zero-order valence-corrected chi connectivity index (χ0v) is 20.5. The molecule has 0 aromatic heterocycles. The number of nitrogens with one attached hydrogen (secondary N) is 1. The van der Waals surface area contributed by atoms with Crippen LogP contribution in [0.1, 0.15) is 35.1 Å². The van der Waals surface area contributed by atoms with E-state index in [9.17, 15) is 18.0 Å². The van der Waals surface area contributed by atoms with Crippen molar-refractivity contribution in [3.8, 4) is 0 Å². The van der Waals surface area contributed by atoms with E-state index in [1.807, 2.05) is 29.0 Å². The number of amides is 1. The number of carbonyl (C=O) groups excluding carboxylic acids is 1. The maximum atomic E-state index is 12.7. The molecule has 3 rings (SSSR count). The highest BCUT2D eigenvalue weighted by Gasteiger charge is 2.30. The SMILES string of the molecule is CN=C(NCCCC(=O)N1Cc2ccccc2C1)N(C)Cc1ccc(C(F)(F)F)cc1.I. The Labute approximate surface area is 203 Å². The van der Waals surface area contributed by atoms with Crippen LogP contribution in [-0.4, -0.2) is 42.3 Å². The minimum absolute atomic E-state index is 0. The lowest BCUT2D eigenvalue weighted by Gasteiger charge is -2.22. The first-order valence-corrected chi connectivity index (χ1v) is 10.2. The minimum atomic E-state index is -4.34. The Morgan fingerprint density at radius 3 is 2.22 bits per heavy atom. The maximum absolute atomic E-state index is 12.7. The molecule has 1 aliphatic heterocycles. The Morgan fingerprint density at radius 2 is 1.69 bits per heavy atom. The summed E-state index contributed by atoms with van der Waals surface area (Å²) in [6.45, 7) is 2.33. The molecule has 1 amide bonds. The summed E-state index contributed by atoms with van der Waals surface area (Å²) < 4.78 is 38.1. The molecule has 0 spiro atoms. The second kappa shape index (κ2) is 11.5. The van der Waals surface area contributed by atoms with Crippen LogP contribution in [0.25, 0.3) is 0 Å². The Morgan fingerprint density at radius 1 is 1.09 bits per heavy atom. The maximum Gasteiger partial charge on any atom is 0.416 e. The van der Waals surface area contributed by atoms with Gasteiger partial charge in [0.1, 0.15) is 0 Å². The fraction of sp³-hybridized carbons (Fsp3) is 0.391. The molecule has 0 bridgehead atoms. The van der Waals surface area contributed by atoms with Gasteiger partial charge in [0.15, 0.2) is 5.96 Å². The predicted octanol–water partition coefficient (Wildman–Crippen LogP) is 4.65. The van der Waals surface area contributed by atoms with Gasteiger partial charge >= 0.3 is 6.18 Å². The highest BCUT2D eigenvalue weighted by Crippen LogP contribution is 2.29. The van der Waals surface area contributed by atoms with E-state index < -0.39 is 11.7 Å². The molecular formula is C23H28F3IN4O. The van der Waals surface area contributed by atoms with E-state index in [4.69, 9.17) is 0 Å². The molecule has 2 aromatic rings. The van der Waals surface area contributed by atoms with Gasteiger partial charge in [-0.25, -0.2) is 0 Å². The molecule has 32 heavy (non-hydrogen) atoms. The van der Waals surface area contributed by atoms with Gasteiger partial charge in [-0.2, -0.15) is 13.2 Å². The molecule has 1 aliphatic rings. The van der Waals surface area contributed by atoms with E-state index in [1.165, 1.54) is 23.3 Å². The molecule has 1 heterocycles. The smallest absolute Gasteiger partial charge is 0.356 e. The highest BCUT2D eigenvalue weighted by molar-refractivity contribution is 14.0. The van der Waals surface area contributed by atoms with Crippen LogP contribution in [-0.2, 0) is 30.6 Å². The third-order valence-electron chi connectivity index (χ3n) is 5.32. The molecule has 0 aliphatic carbocycles. The van der Waals surface area contributed by atoms with Crippen molar-refractivity contribution in [3.05, 3.63) is 70.8 Å². The Hall–Kier alpha value is -2.30.